The zero-order valence-electron chi connectivity index (χ0n) is 12.5. The highest BCUT2D eigenvalue weighted by Crippen LogP contribution is 2.31. The van der Waals surface area contributed by atoms with E-state index in [1.165, 1.54) is 31.4 Å². The van der Waals surface area contributed by atoms with Crippen LogP contribution in [-0.2, 0) is 0 Å². The number of nitrogens with one attached hydrogen (secondary N) is 1. The molecular formula is C17H27NO. The predicted octanol–water partition coefficient (Wildman–Crippen LogP) is 4.85. The molecule has 0 radical (unpaired) electrons. The van der Waals surface area contributed by atoms with Gasteiger partial charge in [-0.3, -0.25) is 0 Å². The second kappa shape index (κ2) is 6.83. The molecule has 1 saturated carbocycles. The molecule has 0 saturated heterocycles. The molecule has 1 aromatic carbocycles. The van der Waals surface area contributed by atoms with Crippen molar-refractivity contribution in [1.29, 1.82) is 0 Å². The van der Waals surface area contributed by atoms with E-state index in [1.54, 1.807) is 0 Å². The Balaban J connectivity index is 1.86. The summed E-state index contributed by atoms with van der Waals surface area (Å²) in [4.78, 5) is 0. The summed E-state index contributed by atoms with van der Waals surface area (Å²) in [6.07, 6.45) is 6.87. The molecule has 106 valence electrons. The summed E-state index contributed by atoms with van der Waals surface area (Å²) in [5, 5.41) is 3.59. The maximum Gasteiger partial charge on any atom is 0.121 e. The zero-order chi connectivity index (χ0) is 13.7. The average molecular weight is 261 g/mol. The second-order valence-electron chi connectivity index (χ2n) is 5.94. The van der Waals surface area contributed by atoms with Crippen molar-refractivity contribution in [2.45, 2.75) is 65.0 Å². The van der Waals surface area contributed by atoms with E-state index in [-0.39, 0.29) is 6.10 Å². The third-order valence-electron chi connectivity index (χ3n) is 4.07. The summed E-state index contributed by atoms with van der Waals surface area (Å²) in [6, 6.07) is 8.89. The molecule has 1 fully saturated rings. The Bertz CT molecular complexity index is 387. The summed E-state index contributed by atoms with van der Waals surface area (Å²) in [5.74, 6) is 1.91. The molecule has 2 nitrogen and oxygen atoms in total. The van der Waals surface area contributed by atoms with E-state index < -0.39 is 0 Å². The summed E-state index contributed by atoms with van der Waals surface area (Å²) >= 11 is 0. The van der Waals surface area contributed by atoms with Crippen LogP contribution in [0.3, 0.4) is 0 Å². The van der Waals surface area contributed by atoms with Gasteiger partial charge in [-0.15, -0.1) is 0 Å². The average Bonchev–Trinajstić information content (AvgIpc) is 2.34. The van der Waals surface area contributed by atoms with Crippen molar-refractivity contribution in [2.75, 3.05) is 5.32 Å². The number of hydrogen-bond donors (Lipinski definition) is 1. The molecule has 1 aliphatic carbocycles. The number of hydrogen-bond acceptors (Lipinski definition) is 2. The van der Waals surface area contributed by atoms with Crippen molar-refractivity contribution in [3.8, 4) is 5.75 Å². The molecule has 0 amide bonds. The van der Waals surface area contributed by atoms with Gasteiger partial charge in [0.1, 0.15) is 5.75 Å². The minimum atomic E-state index is 0.280. The maximum atomic E-state index is 5.86. The fourth-order valence-electron chi connectivity index (χ4n) is 2.55. The molecule has 0 heterocycles. The Kier molecular flexibility index (Phi) is 5.12. The van der Waals surface area contributed by atoms with Gasteiger partial charge < -0.3 is 10.1 Å². The fraction of sp³-hybridized carbons (Fsp3) is 0.647. The van der Waals surface area contributed by atoms with Crippen molar-refractivity contribution in [1.82, 2.24) is 0 Å². The van der Waals surface area contributed by atoms with E-state index >= 15 is 0 Å². The fourth-order valence-corrected chi connectivity index (χ4v) is 2.55. The quantitative estimate of drug-likeness (QED) is 0.757. The van der Waals surface area contributed by atoms with Crippen molar-refractivity contribution >= 4 is 5.69 Å². The van der Waals surface area contributed by atoms with Gasteiger partial charge in [0.2, 0.25) is 0 Å². The lowest BCUT2D eigenvalue weighted by atomic mass is 9.81. The van der Waals surface area contributed by atoms with Gasteiger partial charge in [-0.2, -0.15) is 0 Å². The number of benzene rings is 1. The smallest absolute Gasteiger partial charge is 0.121 e. The molecule has 2 rings (SSSR count). The van der Waals surface area contributed by atoms with Crippen molar-refractivity contribution < 1.29 is 4.74 Å². The van der Waals surface area contributed by atoms with Crippen LogP contribution < -0.4 is 10.1 Å². The maximum absolute atomic E-state index is 5.86. The Morgan fingerprint density at radius 1 is 1.32 bits per heavy atom. The van der Waals surface area contributed by atoms with Gasteiger partial charge in [-0.1, -0.05) is 32.3 Å². The summed E-state index contributed by atoms with van der Waals surface area (Å²) in [6.45, 7) is 6.54. The topological polar surface area (TPSA) is 21.3 Å². The Hall–Kier alpha value is -1.18. The van der Waals surface area contributed by atoms with Crippen LogP contribution in [-0.4, -0.2) is 12.1 Å². The minimum Gasteiger partial charge on any atom is -0.491 e. The largest absolute Gasteiger partial charge is 0.491 e. The Morgan fingerprint density at radius 3 is 2.74 bits per heavy atom. The third-order valence-corrected chi connectivity index (χ3v) is 4.07. The molecule has 0 aliphatic heterocycles. The lowest BCUT2D eigenvalue weighted by Crippen LogP contribution is -2.23. The summed E-state index contributed by atoms with van der Waals surface area (Å²) in [7, 11) is 0. The van der Waals surface area contributed by atoms with Crippen LogP contribution in [0.5, 0.6) is 5.75 Å². The third kappa shape index (κ3) is 4.45. The van der Waals surface area contributed by atoms with Gasteiger partial charge >= 0.3 is 0 Å². The molecule has 2 heteroatoms. The number of anilines is 1. The van der Waals surface area contributed by atoms with Gasteiger partial charge in [0.15, 0.2) is 0 Å². The Morgan fingerprint density at radius 2 is 2.11 bits per heavy atom. The number of rotatable bonds is 7. The minimum absolute atomic E-state index is 0.280. The second-order valence-corrected chi connectivity index (χ2v) is 5.94. The van der Waals surface area contributed by atoms with E-state index in [0.717, 1.165) is 18.1 Å². The van der Waals surface area contributed by atoms with Crippen molar-refractivity contribution in [2.24, 2.45) is 5.92 Å². The summed E-state index contributed by atoms with van der Waals surface area (Å²) in [5.41, 5.74) is 1.17. The van der Waals surface area contributed by atoms with Gasteiger partial charge in [0.05, 0.1) is 6.10 Å². The highest BCUT2D eigenvalue weighted by atomic mass is 16.5. The van der Waals surface area contributed by atoms with Crippen molar-refractivity contribution in [3.05, 3.63) is 24.3 Å². The SMILES string of the molecule is CCC(C)Oc1cccc(NC(C)CC2CCC2)c1. The molecule has 0 spiro atoms. The standard InChI is InChI=1S/C17H27NO/c1-4-14(3)19-17-10-6-9-16(12-17)18-13(2)11-15-7-5-8-15/h6,9-10,12-15,18H,4-5,7-8,11H2,1-3H3. The Labute approximate surface area is 117 Å². The normalized spacial score (nSPS) is 18.5. The molecule has 2 atom stereocenters. The molecule has 1 aromatic rings. The number of ether oxygens (including phenoxy) is 1. The van der Waals surface area contributed by atoms with Crippen LogP contribution in [0.4, 0.5) is 5.69 Å². The van der Waals surface area contributed by atoms with Crippen LogP contribution in [0.15, 0.2) is 24.3 Å². The first-order valence-electron chi connectivity index (χ1n) is 7.70. The highest BCUT2D eigenvalue weighted by molar-refractivity contribution is 5.48. The summed E-state index contributed by atoms with van der Waals surface area (Å²) < 4.78 is 5.86. The monoisotopic (exact) mass is 261 g/mol. The molecule has 1 N–H and O–H groups in total. The van der Waals surface area contributed by atoms with E-state index in [9.17, 15) is 0 Å². The van der Waals surface area contributed by atoms with E-state index in [0.29, 0.717) is 6.04 Å². The highest BCUT2D eigenvalue weighted by Gasteiger charge is 2.19. The molecular weight excluding hydrogens is 234 g/mol. The van der Waals surface area contributed by atoms with E-state index in [2.05, 4.69) is 44.3 Å². The molecule has 19 heavy (non-hydrogen) atoms. The first kappa shape index (κ1) is 14.2. The van der Waals surface area contributed by atoms with Gasteiger partial charge in [0.25, 0.3) is 0 Å². The van der Waals surface area contributed by atoms with Crippen molar-refractivity contribution in [3.63, 3.8) is 0 Å². The molecule has 1 aliphatic rings. The predicted molar refractivity (Wildman–Crippen MR) is 81.9 cm³/mol. The van der Waals surface area contributed by atoms with Gasteiger partial charge in [0, 0.05) is 17.8 Å². The lowest BCUT2D eigenvalue weighted by molar-refractivity contribution is 0.217. The molecule has 0 bridgehead atoms. The van der Waals surface area contributed by atoms with Gasteiger partial charge in [-0.25, -0.2) is 0 Å². The first-order chi connectivity index (χ1) is 9.17. The van der Waals surface area contributed by atoms with Crippen LogP contribution in [0.2, 0.25) is 0 Å². The lowest BCUT2D eigenvalue weighted by Gasteiger charge is -2.29. The molecule has 2 unspecified atom stereocenters. The van der Waals surface area contributed by atoms with Crippen LogP contribution in [0, 0.1) is 5.92 Å². The van der Waals surface area contributed by atoms with E-state index in [4.69, 9.17) is 4.74 Å². The van der Waals surface area contributed by atoms with Gasteiger partial charge in [-0.05, 0) is 44.7 Å². The van der Waals surface area contributed by atoms with E-state index in [1.807, 2.05) is 6.07 Å². The van der Waals surface area contributed by atoms with Crippen LogP contribution in [0.1, 0.15) is 52.9 Å². The molecule has 0 aromatic heterocycles. The van der Waals surface area contributed by atoms with Crippen LogP contribution in [0.25, 0.3) is 0 Å². The van der Waals surface area contributed by atoms with Crippen LogP contribution >= 0.6 is 0 Å². The zero-order valence-corrected chi connectivity index (χ0v) is 12.5. The first-order valence-corrected chi connectivity index (χ1v) is 7.70.